The first kappa shape index (κ1) is 7.56. The second-order valence-electron chi connectivity index (χ2n) is 3.07. The van der Waals surface area contributed by atoms with Gasteiger partial charge >= 0.3 is 0 Å². The molecule has 1 aliphatic rings. The minimum Gasteiger partial charge on any atom is -0.327 e. The molecule has 0 amide bonds. The predicted molar refractivity (Wildman–Crippen MR) is 40.2 cm³/mol. The Bertz CT molecular complexity index is 137. The van der Waals surface area contributed by atoms with E-state index < -0.39 is 0 Å². The molecule has 2 atom stereocenters. The molecule has 0 aromatic carbocycles. The van der Waals surface area contributed by atoms with Gasteiger partial charge in [0.15, 0.2) is 0 Å². The fraction of sp³-hybridized carbons (Fsp3) is 0.875. The predicted octanol–water partition coefficient (Wildman–Crippen LogP) is 1.42. The number of rotatable bonds is 1. The van der Waals surface area contributed by atoms with Crippen LogP contribution in [0.3, 0.4) is 0 Å². The molecule has 1 fully saturated rings. The van der Waals surface area contributed by atoms with Gasteiger partial charge in [-0.2, -0.15) is 5.26 Å². The Hall–Kier alpha value is -0.550. The zero-order valence-corrected chi connectivity index (χ0v) is 6.21. The third-order valence-corrected chi connectivity index (χ3v) is 2.32. The summed E-state index contributed by atoms with van der Waals surface area (Å²) in [5.41, 5.74) is 5.81. The van der Waals surface area contributed by atoms with E-state index in [1.54, 1.807) is 0 Å². The Morgan fingerprint density at radius 1 is 1.40 bits per heavy atom. The summed E-state index contributed by atoms with van der Waals surface area (Å²) in [6.45, 7) is 0. The lowest BCUT2D eigenvalue weighted by Gasteiger charge is -2.26. The number of nitriles is 1. The summed E-state index contributed by atoms with van der Waals surface area (Å²) < 4.78 is 0. The van der Waals surface area contributed by atoms with Crippen LogP contribution in [-0.4, -0.2) is 6.04 Å². The van der Waals surface area contributed by atoms with Crippen molar-refractivity contribution in [2.45, 2.75) is 38.1 Å². The SMILES string of the molecule is N#CC[C@H]1CCCC[C@H]1N. The molecule has 0 radical (unpaired) electrons. The zero-order valence-electron chi connectivity index (χ0n) is 6.21. The van der Waals surface area contributed by atoms with Gasteiger partial charge in [0.2, 0.25) is 0 Å². The van der Waals surface area contributed by atoms with Crippen molar-refractivity contribution >= 4 is 0 Å². The monoisotopic (exact) mass is 138 g/mol. The highest BCUT2D eigenvalue weighted by Crippen LogP contribution is 2.24. The quantitative estimate of drug-likeness (QED) is 0.595. The lowest BCUT2D eigenvalue weighted by Crippen LogP contribution is -2.32. The van der Waals surface area contributed by atoms with E-state index in [4.69, 9.17) is 11.0 Å². The second-order valence-corrected chi connectivity index (χ2v) is 3.07. The van der Waals surface area contributed by atoms with Crippen LogP contribution in [0.25, 0.3) is 0 Å². The van der Waals surface area contributed by atoms with Crippen LogP contribution in [0.5, 0.6) is 0 Å². The summed E-state index contributed by atoms with van der Waals surface area (Å²) in [7, 11) is 0. The van der Waals surface area contributed by atoms with Gasteiger partial charge in [-0.25, -0.2) is 0 Å². The number of hydrogen-bond donors (Lipinski definition) is 1. The molecule has 56 valence electrons. The van der Waals surface area contributed by atoms with Crippen LogP contribution in [0, 0.1) is 17.2 Å². The first-order chi connectivity index (χ1) is 4.84. The first-order valence-electron chi connectivity index (χ1n) is 3.97. The Morgan fingerprint density at radius 2 is 2.10 bits per heavy atom. The summed E-state index contributed by atoms with van der Waals surface area (Å²) in [6, 6.07) is 2.49. The molecular formula is C8H14N2. The lowest BCUT2D eigenvalue weighted by atomic mass is 9.83. The highest BCUT2D eigenvalue weighted by molar-refractivity contribution is 4.85. The third kappa shape index (κ3) is 1.71. The molecule has 0 aliphatic heterocycles. The van der Waals surface area contributed by atoms with Gasteiger partial charge in [-0.3, -0.25) is 0 Å². The maximum atomic E-state index is 8.43. The van der Waals surface area contributed by atoms with E-state index in [1.807, 2.05) is 0 Å². The standard InChI is InChI=1S/C8H14N2/c9-6-5-7-3-1-2-4-8(7)10/h7-8H,1-5,10H2/t7-,8-/m1/s1. The molecule has 1 aliphatic carbocycles. The Kier molecular flexibility index (Phi) is 2.70. The van der Waals surface area contributed by atoms with Crippen LogP contribution < -0.4 is 5.73 Å². The van der Waals surface area contributed by atoms with E-state index in [-0.39, 0.29) is 0 Å². The molecule has 2 heteroatoms. The molecule has 0 saturated heterocycles. The normalized spacial score (nSPS) is 33.2. The highest BCUT2D eigenvalue weighted by Gasteiger charge is 2.20. The van der Waals surface area contributed by atoms with Crippen molar-refractivity contribution in [2.24, 2.45) is 11.7 Å². The number of hydrogen-bond acceptors (Lipinski definition) is 2. The van der Waals surface area contributed by atoms with Gasteiger partial charge < -0.3 is 5.73 Å². The molecule has 2 N–H and O–H groups in total. The molecule has 0 spiro atoms. The van der Waals surface area contributed by atoms with E-state index in [1.165, 1.54) is 12.8 Å². The number of nitrogens with two attached hydrogens (primary N) is 1. The van der Waals surface area contributed by atoms with Crippen molar-refractivity contribution in [1.29, 1.82) is 5.26 Å². The fourth-order valence-corrected chi connectivity index (χ4v) is 1.61. The summed E-state index contributed by atoms with van der Waals surface area (Å²) in [6.07, 6.45) is 5.45. The highest BCUT2D eigenvalue weighted by atomic mass is 14.7. The Labute approximate surface area is 62.0 Å². The third-order valence-electron chi connectivity index (χ3n) is 2.32. The Balaban J connectivity index is 2.34. The maximum absolute atomic E-state index is 8.43. The van der Waals surface area contributed by atoms with Crippen molar-refractivity contribution in [3.05, 3.63) is 0 Å². The van der Waals surface area contributed by atoms with Gasteiger partial charge in [0.05, 0.1) is 6.07 Å². The summed E-state index contributed by atoms with van der Waals surface area (Å²) in [5.74, 6) is 0.485. The van der Waals surface area contributed by atoms with Crippen LogP contribution in [0.2, 0.25) is 0 Å². The summed E-state index contributed by atoms with van der Waals surface area (Å²) in [5, 5.41) is 8.43. The average Bonchev–Trinajstić information content (AvgIpc) is 1.94. The molecule has 0 bridgehead atoms. The summed E-state index contributed by atoms with van der Waals surface area (Å²) in [4.78, 5) is 0. The van der Waals surface area contributed by atoms with Gasteiger partial charge in [0.25, 0.3) is 0 Å². The van der Waals surface area contributed by atoms with E-state index in [2.05, 4.69) is 6.07 Å². The van der Waals surface area contributed by atoms with E-state index in [0.717, 1.165) is 12.8 Å². The molecule has 1 rings (SSSR count). The number of nitrogens with zero attached hydrogens (tertiary/aromatic N) is 1. The molecule has 0 aromatic rings. The molecule has 0 heterocycles. The van der Waals surface area contributed by atoms with Crippen LogP contribution >= 0.6 is 0 Å². The maximum Gasteiger partial charge on any atom is 0.0625 e. The van der Waals surface area contributed by atoms with Gasteiger partial charge in [-0.15, -0.1) is 0 Å². The van der Waals surface area contributed by atoms with Gasteiger partial charge in [-0.05, 0) is 18.8 Å². The van der Waals surface area contributed by atoms with Crippen molar-refractivity contribution in [1.82, 2.24) is 0 Å². The fourth-order valence-electron chi connectivity index (χ4n) is 1.61. The largest absolute Gasteiger partial charge is 0.327 e. The first-order valence-corrected chi connectivity index (χ1v) is 3.97. The van der Waals surface area contributed by atoms with Crippen LogP contribution in [0.1, 0.15) is 32.1 Å². The molecular weight excluding hydrogens is 124 g/mol. The average molecular weight is 138 g/mol. The van der Waals surface area contributed by atoms with Gasteiger partial charge in [0, 0.05) is 12.5 Å². The van der Waals surface area contributed by atoms with E-state index >= 15 is 0 Å². The topological polar surface area (TPSA) is 49.8 Å². The van der Waals surface area contributed by atoms with Crippen molar-refractivity contribution in [3.8, 4) is 6.07 Å². The molecule has 1 saturated carbocycles. The zero-order chi connectivity index (χ0) is 7.40. The van der Waals surface area contributed by atoms with Gasteiger partial charge in [0.1, 0.15) is 0 Å². The van der Waals surface area contributed by atoms with Crippen LogP contribution in [0.4, 0.5) is 0 Å². The smallest absolute Gasteiger partial charge is 0.0625 e. The Morgan fingerprint density at radius 3 is 2.70 bits per heavy atom. The van der Waals surface area contributed by atoms with Crippen LogP contribution in [0.15, 0.2) is 0 Å². The van der Waals surface area contributed by atoms with Crippen LogP contribution in [-0.2, 0) is 0 Å². The molecule has 0 unspecified atom stereocenters. The minimum absolute atomic E-state index is 0.299. The molecule has 10 heavy (non-hydrogen) atoms. The van der Waals surface area contributed by atoms with Crippen molar-refractivity contribution in [3.63, 3.8) is 0 Å². The van der Waals surface area contributed by atoms with Crippen molar-refractivity contribution in [2.75, 3.05) is 0 Å². The van der Waals surface area contributed by atoms with Gasteiger partial charge in [-0.1, -0.05) is 12.8 Å². The second kappa shape index (κ2) is 3.58. The lowest BCUT2D eigenvalue weighted by molar-refractivity contribution is 0.312. The summed E-state index contributed by atoms with van der Waals surface area (Å²) >= 11 is 0. The molecule has 2 nitrogen and oxygen atoms in total. The van der Waals surface area contributed by atoms with E-state index in [9.17, 15) is 0 Å². The minimum atomic E-state index is 0.299. The molecule has 0 aromatic heterocycles. The van der Waals surface area contributed by atoms with E-state index in [0.29, 0.717) is 18.4 Å². The van der Waals surface area contributed by atoms with Crippen molar-refractivity contribution < 1.29 is 0 Å².